The molecule has 71 heavy (non-hydrogen) atoms. The minimum absolute atomic E-state index is 0. The number of oxime groups is 1. The number of carbonyl (C=O) groups is 1. The van der Waals surface area contributed by atoms with Crippen molar-refractivity contribution in [3.8, 4) is 35.4 Å². The molecule has 0 saturated carbocycles. The summed E-state index contributed by atoms with van der Waals surface area (Å²) in [6.07, 6.45) is 21.4. The van der Waals surface area contributed by atoms with Gasteiger partial charge in [0.15, 0.2) is 6.29 Å². The van der Waals surface area contributed by atoms with Gasteiger partial charge in [0.2, 0.25) is 0 Å². The van der Waals surface area contributed by atoms with E-state index in [0.717, 1.165) is 45.3 Å². The van der Waals surface area contributed by atoms with Crippen LogP contribution in [0.4, 0.5) is 0 Å². The van der Waals surface area contributed by atoms with Crippen molar-refractivity contribution in [2.45, 2.75) is 7.43 Å². The van der Waals surface area contributed by atoms with Gasteiger partial charge in [-0.3, -0.25) is 34.7 Å². The van der Waals surface area contributed by atoms with Crippen LogP contribution in [0.15, 0.2) is 193 Å². The van der Waals surface area contributed by atoms with Crippen LogP contribution in [-0.2, 0) is 0 Å². The lowest BCUT2D eigenvalue weighted by Gasteiger charge is -2.04. The summed E-state index contributed by atoms with van der Waals surface area (Å²) in [5.74, 6) is 0. The molecule has 0 radical (unpaired) electrons. The number of nitrogens with zero attached hydrogens (tertiary/aromatic N) is 11. The van der Waals surface area contributed by atoms with E-state index in [0.29, 0.717) is 38.3 Å². The molecule has 3 N–H and O–H groups in total. The predicted octanol–water partition coefficient (Wildman–Crippen LogP) is 11.7. The number of rotatable bonds is 4. The molecule has 0 aliphatic carbocycles. The summed E-state index contributed by atoms with van der Waals surface area (Å²) >= 11 is 21.7. The Morgan fingerprint density at radius 3 is 1.30 bits per heavy atom. The third-order valence-electron chi connectivity index (χ3n) is 7.80. The van der Waals surface area contributed by atoms with Crippen molar-refractivity contribution in [1.82, 2.24) is 29.9 Å². The number of aldehydes is 1. The Balaban J connectivity index is 0.000000420. The van der Waals surface area contributed by atoms with Crippen LogP contribution in [0.1, 0.15) is 45.6 Å². The molecule has 6 heterocycles. The SMILES string of the molecule is Brc1ccncc1.C.N#Cc1ccccc1-c1ccncc1C#N.N#Cc1cnccc1Br.N#Cc1cnccc1Br.O/N=C/c1cnccc1Br.O=Cc1cnccc1Br.OB(O)c1ccccc1Cl. The monoisotopic (exact) mass is 1280 g/mol. The fourth-order valence-corrected chi connectivity index (χ4v) is 6.22. The van der Waals surface area contributed by atoms with E-state index in [9.17, 15) is 4.79 Å². The highest BCUT2D eigenvalue weighted by atomic mass is 79.9. The van der Waals surface area contributed by atoms with Crippen LogP contribution in [0, 0.1) is 45.3 Å². The first-order valence-corrected chi connectivity index (χ1v) is 23.5. The van der Waals surface area contributed by atoms with Crippen molar-refractivity contribution < 1.29 is 20.0 Å². The van der Waals surface area contributed by atoms with Gasteiger partial charge in [-0.25, -0.2) is 0 Å². The number of halogens is 6. The van der Waals surface area contributed by atoms with Crippen LogP contribution in [0.3, 0.4) is 0 Å². The van der Waals surface area contributed by atoms with Crippen LogP contribution < -0.4 is 5.46 Å². The zero-order chi connectivity index (χ0) is 51.5. The minimum atomic E-state index is -1.48. The van der Waals surface area contributed by atoms with Crippen molar-refractivity contribution in [3.63, 3.8) is 0 Å². The maximum atomic E-state index is 10.2. The largest absolute Gasteiger partial charge is 0.489 e. The van der Waals surface area contributed by atoms with E-state index in [2.05, 4.69) is 127 Å². The van der Waals surface area contributed by atoms with Crippen molar-refractivity contribution >= 4 is 116 Å². The van der Waals surface area contributed by atoms with Gasteiger partial charge in [-0.1, -0.05) is 92.4 Å². The molecule has 8 aromatic rings. The topological polar surface area (TPSA) is 263 Å². The zero-order valence-electron chi connectivity index (χ0n) is 35.8. The molecular formula is C49H36BBr5ClN11O4. The second-order valence-corrected chi connectivity index (χ2v) is 17.1. The molecule has 0 unspecified atom stereocenters. The molecule has 0 atom stereocenters. The summed E-state index contributed by atoms with van der Waals surface area (Å²) in [6.45, 7) is 0. The third-order valence-corrected chi connectivity index (χ3v) is 11.5. The lowest BCUT2D eigenvalue weighted by atomic mass is 9.80. The smallest absolute Gasteiger partial charge is 0.423 e. The molecule has 6 aromatic heterocycles. The average molecular weight is 1290 g/mol. The first-order valence-electron chi connectivity index (χ1n) is 19.2. The number of benzene rings is 2. The summed E-state index contributed by atoms with van der Waals surface area (Å²) in [5, 5.41) is 63.5. The van der Waals surface area contributed by atoms with E-state index >= 15 is 0 Å². The third kappa shape index (κ3) is 24.0. The molecule has 8 rings (SSSR count). The Morgan fingerprint density at radius 2 is 0.915 bits per heavy atom. The summed E-state index contributed by atoms with van der Waals surface area (Å²) in [7, 11) is -1.48. The van der Waals surface area contributed by atoms with E-state index in [1.165, 1.54) is 31.0 Å². The van der Waals surface area contributed by atoms with E-state index in [1.807, 2.05) is 36.4 Å². The van der Waals surface area contributed by atoms with E-state index < -0.39 is 7.12 Å². The molecule has 0 fully saturated rings. The number of aromatic nitrogens is 6. The summed E-state index contributed by atoms with van der Waals surface area (Å²) in [5.41, 5.74) is 5.36. The van der Waals surface area contributed by atoms with E-state index in [1.54, 1.807) is 116 Å². The Kier molecular flexibility index (Phi) is 32.4. The van der Waals surface area contributed by atoms with E-state index in [4.69, 9.17) is 47.9 Å². The van der Waals surface area contributed by atoms with Gasteiger partial charge in [0.05, 0.1) is 34.5 Å². The molecule has 356 valence electrons. The number of carbonyl (C=O) groups excluding carboxylic acids is 1. The Bertz CT molecular complexity index is 2970. The summed E-state index contributed by atoms with van der Waals surface area (Å²) in [6, 6.07) is 34.5. The molecule has 0 aliphatic rings. The fraction of sp³-hybridized carbons (Fsp3) is 0.0204. The minimum Gasteiger partial charge on any atom is -0.423 e. The Hall–Kier alpha value is -6.89. The second kappa shape index (κ2) is 37.0. The number of hydrogen-bond donors (Lipinski definition) is 3. The molecule has 0 bridgehead atoms. The molecule has 2 aromatic carbocycles. The molecule has 22 heteroatoms. The van der Waals surface area contributed by atoms with Gasteiger partial charge < -0.3 is 15.3 Å². The number of hydrogen-bond acceptors (Lipinski definition) is 15. The van der Waals surface area contributed by atoms with Gasteiger partial charge in [0.1, 0.15) is 18.2 Å². The number of nitriles is 4. The fourth-order valence-electron chi connectivity index (χ4n) is 4.49. The van der Waals surface area contributed by atoms with Gasteiger partial charge in [-0.05, 0) is 102 Å². The maximum Gasteiger partial charge on any atom is 0.489 e. The Labute approximate surface area is 457 Å². The highest BCUT2D eigenvalue weighted by Gasteiger charge is 2.13. The van der Waals surface area contributed by atoms with Crippen molar-refractivity contribution in [2.75, 3.05) is 0 Å². The van der Waals surface area contributed by atoms with Gasteiger partial charge in [0, 0.05) is 129 Å². The molecular weight excluding hydrogens is 1250 g/mol. The van der Waals surface area contributed by atoms with Gasteiger partial charge in [0.25, 0.3) is 0 Å². The first-order chi connectivity index (χ1) is 33.8. The van der Waals surface area contributed by atoms with Gasteiger partial charge >= 0.3 is 7.12 Å². The molecule has 15 nitrogen and oxygen atoms in total. The summed E-state index contributed by atoms with van der Waals surface area (Å²) in [4.78, 5) is 33.0. The van der Waals surface area contributed by atoms with Crippen LogP contribution in [0.2, 0.25) is 5.02 Å². The lowest BCUT2D eigenvalue weighted by molar-refractivity contribution is 0.112. The zero-order valence-corrected chi connectivity index (χ0v) is 44.4. The molecule has 0 amide bonds. The molecule has 0 saturated heterocycles. The van der Waals surface area contributed by atoms with Crippen molar-refractivity contribution in [1.29, 1.82) is 21.0 Å². The standard InChI is InChI=1S/C13H7N3.C6H6BClO2.C6H5BrN2O.2C6H3BrN2.C6H4BrNO.C5H4BrN.CH4/c14-7-10-3-1-2-4-12(10)13-5-6-16-9-11(13)8-15;8-6-4-2-1-3-5(6)7(9)10;7-6-1-2-8-3-5(6)4-9-10;2*7-6-1-2-9-4-5(6)3-8;7-6-1-2-8-3-5(6)4-9;6-5-1-3-7-4-2-5;/h1-6,9H;1-4,9-10H;1-4,10H;2*1-2,4H;1-4H;1-4H;1H4/b;;9-4+;;;;;. The van der Waals surface area contributed by atoms with Crippen LogP contribution in [0.5, 0.6) is 0 Å². The van der Waals surface area contributed by atoms with Crippen molar-refractivity contribution in [3.05, 3.63) is 226 Å². The van der Waals surface area contributed by atoms with Gasteiger partial charge in [-0.15, -0.1) is 0 Å². The average Bonchev–Trinajstić information content (AvgIpc) is 3.39. The van der Waals surface area contributed by atoms with Crippen LogP contribution in [-0.4, -0.2) is 64.8 Å². The summed E-state index contributed by atoms with van der Waals surface area (Å²) < 4.78 is 4.30. The second-order valence-electron chi connectivity index (χ2n) is 12.3. The first kappa shape index (κ1) is 62.1. The van der Waals surface area contributed by atoms with E-state index in [-0.39, 0.29) is 7.43 Å². The maximum absolute atomic E-state index is 10.2. The predicted molar refractivity (Wildman–Crippen MR) is 291 cm³/mol. The lowest BCUT2D eigenvalue weighted by Crippen LogP contribution is -2.30. The van der Waals surface area contributed by atoms with Crippen molar-refractivity contribution in [2.24, 2.45) is 5.16 Å². The highest BCUT2D eigenvalue weighted by molar-refractivity contribution is 9.11. The highest BCUT2D eigenvalue weighted by Crippen LogP contribution is 2.25. The van der Waals surface area contributed by atoms with Crippen LogP contribution in [0.25, 0.3) is 11.1 Å². The molecule has 0 spiro atoms. The number of pyridine rings is 6. The quantitative estimate of drug-likeness (QED) is 0.0487. The van der Waals surface area contributed by atoms with Gasteiger partial charge in [-0.2, -0.15) is 21.0 Å². The normalized spacial score (nSPS) is 9.01. The molecule has 0 aliphatic heterocycles. The Morgan fingerprint density at radius 1 is 0.507 bits per heavy atom. The van der Waals surface area contributed by atoms with Crippen LogP contribution >= 0.6 is 91.3 Å².